The van der Waals surface area contributed by atoms with Gasteiger partial charge in [-0.15, -0.1) is 0 Å². The number of carbonyl (C=O) groups is 1. The molecule has 0 atom stereocenters. The number of nitrogens with zero attached hydrogens (tertiary/aromatic N) is 1. The van der Waals surface area contributed by atoms with Gasteiger partial charge in [-0.25, -0.2) is 0 Å². The second kappa shape index (κ2) is 6.10. The second-order valence-corrected chi connectivity index (χ2v) is 3.81. The van der Waals surface area contributed by atoms with E-state index in [9.17, 15) is 9.59 Å². The second-order valence-electron chi connectivity index (χ2n) is 3.81. The van der Waals surface area contributed by atoms with Crippen LogP contribution in [0.5, 0.6) is 0 Å². The summed E-state index contributed by atoms with van der Waals surface area (Å²) in [6, 6.07) is 3.30. The van der Waals surface area contributed by atoms with Crippen LogP contribution in [-0.4, -0.2) is 15.6 Å². The molecule has 1 aromatic rings. The summed E-state index contributed by atoms with van der Waals surface area (Å²) in [6.07, 6.45) is 4.64. The zero-order chi connectivity index (χ0) is 12.0. The van der Waals surface area contributed by atoms with Gasteiger partial charge < -0.3 is 9.67 Å². The molecule has 0 spiro atoms. The minimum absolute atomic E-state index is 0.180. The first-order chi connectivity index (χ1) is 7.65. The lowest BCUT2D eigenvalue weighted by Gasteiger charge is -2.06. The molecule has 0 aliphatic rings. The number of carboxylic acid groups (broad SMARTS) is 1. The van der Waals surface area contributed by atoms with Gasteiger partial charge in [-0.1, -0.05) is 25.8 Å². The minimum Gasteiger partial charge on any atom is -0.481 e. The quantitative estimate of drug-likeness (QED) is 0.746. The Kier molecular flexibility index (Phi) is 4.76. The molecule has 16 heavy (non-hydrogen) atoms. The van der Waals surface area contributed by atoms with E-state index in [2.05, 4.69) is 6.92 Å². The van der Waals surface area contributed by atoms with Crippen LogP contribution in [0.3, 0.4) is 0 Å². The van der Waals surface area contributed by atoms with Crippen molar-refractivity contribution in [3.8, 4) is 0 Å². The van der Waals surface area contributed by atoms with Crippen molar-refractivity contribution in [2.45, 2.75) is 39.2 Å². The molecule has 1 N–H and O–H groups in total. The highest BCUT2D eigenvalue weighted by atomic mass is 16.4. The average molecular weight is 223 g/mol. The van der Waals surface area contributed by atoms with Crippen molar-refractivity contribution in [1.29, 1.82) is 0 Å². The molecule has 0 aliphatic heterocycles. The summed E-state index contributed by atoms with van der Waals surface area (Å²) >= 11 is 0. The molecule has 4 heteroatoms. The van der Waals surface area contributed by atoms with E-state index in [-0.39, 0.29) is 12.0 Å². The monoisotopic (exact) mass is 223 g/mol. The molecule has 0 aliphatic carbocycles. The highest BCUT2D eigenvalue weighted by molar-refractivity contribution is 5.69. The van der Waals surface area contributed by atoms with Crippen LogP contribution in [0.4, 0.5) is 0 Å². The third-order valence-electron chi connectivity index (χ3n) is 2.44. The first-order valence-corrected chi connectivity index (χ1v) is 5.55. The average Bonchev–Trinajstić information content (AvgIpc) is 2.23. The Bertz CT molecular complexity index is 409. The zero-order valence-corrected chi connectivity index (χ0v) is 9.48. The van der Waals surface area contributed by atoms with E-state index < -0.39 is 5.97 Å². The SMILES string of the molecule is CCCCCn1cccc(CC(=O)O)c1=O. The van der Waals surface area contributed by atoms with Gasteiger partial charge in [-0.2, -0.15) is 0 Å². The highest BCUT2D eigenvalue weighted by Gasteiger charge is 2.06. The van der Waals surface area contributed by atoms with Gasteiger partial charge in [0.25, 0.3) is 5.56 Å². The summed E-state index contributed by atoms with van der Waals surface area (Å²) in [5.74, 6) is -0.969. The van der Waals surface area contributed by atoms with Crippen molar-refractivity contribution in [2.24, 2.45) is 0 Å². The van der Waals surface area contributed by atoms with Crippen molar-refractivity contribution >= 4 is 5.97 Å². The maximum atomic E-state index is 11.8. The Balaban J connectivity index is 2.78. The predicted molar refractivity (Wildman–Crippen MR) is 61.6 cm³/mol. The van der Waals surface area contributed by atoms with Gasteiger partial charge in [-0.05, 0) is 12.5 Å². The van der Waals surface area contributed by atoms with E-state index in [4.69, 9.17) is 5.11 Å². The van der Waals surface area contributed by atoms with E-state index in [1.807, 2.05) is 0 Å². The normalized spacial score (nSPS) is 10.3. The topological polar surface area (TPSA) is 59.3 Å². The molecule has 0 saturated heterocycles. The van der Waals surface area contributed by atoms with Gasteiger partial charge >= 0.3 is 5.97 Å². The van der Waals surface area contributed by atoms with E-state index in [0.717, 1.165) is 19.3 Å². The number of rotatable bonds is 6. The van der Waals surface area contributed by atoms with Crippen molar-refractivity contribution in [3.63, 3.8) is 0 Å². The van der Waals surface area contributed by atoms with Crippen molar-refractivity contribution < 1.29 is 9.90 Å². The molecule has 88 valence electrons. The van der Waals surface area contributed by atoms with Gasteiger partial charge in [0.15, 0.2) is 0 Å². The van der Waals surface area contributed by atoms with Crippen LogP contribution in [0.15, 0.2) is 23.1 Å². The molecule has 1 aromatic heterocycles. The van der Waals surface area contributed by atoms with E-state index >= 15 is 0 Å². The van der Waals surface area contributed by atoms with Gasteiger partial charge in [0.2, 0.25) is 0 Å². The fourth-order valence-corrected chi connectivity index (χ4v) is 1.59. The fraction of sp³-hybridized carbons (Fsp3) is 0.500. The summed E-state index contributed by atoms with van der Waals surface area (Å²) in [4.78, 5) is 22.3. The molecule has 0 unspecified atom stereocenters. The van der Waals surface area contributed by atoms with Crippen LogP contribution in [0, 0.1) is 0 Å². The highest BCUT2D eigenvalue weighted by Crippen LogP contribution is 1.98. The first-order valence-electron chi connectivity index (χ1n) is 5.55. The Labute approximate surface area is 94.5 Å². The van der Waals surface area contributed by atoms with E-state index in [0.29, 0.717) is 12.1 Å². The lowest BCUT2D eigenvalue weighted by molar-refractivity contribution is -0.136. The maximum absolute atomic E-state index is 11.8. The molecular weight excluding hydrogens is 206 g/mol. The fourth-order valence-electron chi connectivity index (χ4n) is 1.59. The van der Waals surface area contributed by atoms with E-state index in [1.54, 1.807) is 22.9 Å². The number of hydrogen-bond donors (Lipinski definition) is 1. The molecule has 0 fully saturated rings. The molecule has 1 heterocycles. The molecule has 0 amide bonds. The van der Waals surface area contributed by atoms with Crippen LogP contribution < -0.4 is 5.56 Å². The van der Waals surface area contributed by atoms with Crippen LogP contribution in [0.2, 0.25) is 0 Å². The Morgan fingerprint density at radius 2 is 2.19 bits per heavy atom. The summed E-state index contributed by atoms with van der Waals surface area (Å²) < 4.78 is 1.59. The molecule has 0 saturated carbocycles. The molecule has 1 rings (SSSR count). The number of unbranched alkanes of at least 4 members (excludes halogenated alkanes) is 2. The molecule has 0 bridgehead atoms. The molecule has 0 radical (unpaired) electrons. The Morgan fingerprint density at radius 1 is 1.44 bits per heavy atom. The summed E-state index contributed by atoms with van der Waals surface area (Å²) in [5.41, 5.74) is 0.174. The zero-order valence-electron chi connectivity index (χ0n) is 9.48. The predicted octanol–water partition coefficient (Wildman–Crippen LogP) is 1.67. The third-order valence-corrected chi connectivity index (χ3v) is 2.44. The van der Waals surface area contributed by atoms with E-state index in [1.165, 1.54) is 0 Å². The van der Waals surface area contributed by atoms with Gasteiger partial charge in [0, 0.05) is 18.3 Å². The van der Waals surface area contributed by atoms with Gasteiger partial charge in [0.05, 0.1) is 6.42 Å². The molecular formula is C12H17NO3. The number of aromatic nitrogens is 1. The molecule has 4 nitrogen and oxygen atoms in total. The number of carboxylic acids is 1. The smallest absolute Gasteiger partial charge is 0.308 e. The van der Waals surface area contributed by atoms with Crippen LogP contribution >= 0.6 is 0 Å². The van der Waals surface area contributed by atoms with Gasteiger partial charge in [0.1, 0.15) is 0 Å². The lowest BCUT2D eigenvalue weighted by atomic mass is 10.2. The van der Waals surface area contributed by atoms with Crippen LogP contribution in [0.1, 0.15) is 31.7 Å². The Hall–Kier alpha value is -1.58. The van der Waals surface area contributed by atoms with Crippen molar-refractivity contribution in [3.05, 3.63) is 34.2 Å². The standard InChI is InChI=1S/C12H17NO3/c1-2-3-4-7-13-8-5-6-10(12(13)16)9-11(14)15/h5-6,8H,2-4,7,9H2,1H3,(H,14,15). The number of aryl methyl sites for hydroxylation is 1. The molecule has 0 aromatic carbocycles. The summed E-state index contributed by atoms with van der Waals surface area (Å²) in [6.45, 7) is 2.77. The Morgan fingerprint density at radius 3 is 2.81 bits per heavy atom. The number of hydrogen-bond acceptors (Lipinski definition) is 2. The maximum Gasteiger partial charge on any atom is 0.308 e. The van der Waals surface area contributed by atoms with Crippen molar-refractivity contribution in [1.82, 2.24) is 4.57 Å². The summed E-state index contributed by atoms with van der Waals surface area (Å²) in [5, 5.41) is 8.65. The van der Waals surface area contributed by atoms with Crippen molar-refractivity contribution in [2.75, 3.05) is 0 Å². The number of pyridine rings is 1. The van der Waals surface area contributed by atoms with Gasteiger partial charge in [-0.3, -0.25) is 9.59 Å². The lowest BCUT2D eigenvalue weighted by Crippen LogP contribution is -2.24. The van der Waals surface area contributed by atoms with Crippen LogP contribution in [-0.2, 0) is 17.8 Å². The summed E-state index contributed by atoms with van der Waals surface area (Å²) in [7, 11) is 0. The minimum atomic E-state index is -0.969. The largest absolute Gasteiger partial charge is 0.481 e. The van der Waals surface area contributed by atoms with Crippen LogP contribution in [0.25, 0.3) is 0 Å². The first kappa shape index (κ1) is 12.5. The third kappa shape index (κ3) is 3.53. The number of aliphatic carboxylic acids is 1.